The van der Waals surface area contributed by atoms with Gasteiger partial charge in [-0.05, 0) is 31.0 Å². The molecule has 0 bridgehead atoms. The Morgan fingerprint density at radius 2 is 2.05 bits per heavy atom. The standard InChI is InChI=1S/C17H14BrFO2/c18-12-8-7-11(15(19)9-12)10-21-17-6-2-3-13-14(17)4-1-5-16(13)20/h2-3,6-9H,1,4-5,10H2. The SMILES string of the molecule is O=C1CCCc2c(OCc3ccc(Br)cc3F)cccc21. The molecule has 0 radical (unpaired) electrons. The second-order valence-electron chi connectivity index (χ2n) is 5.08. The molecule has 2 aromatic rings. The van der Waals surface area contributed by atoms with Crippen LogP contribution < -0.4 is 4.74 Å². The molecule has 0 saturated heterocycles. The van der Waals surface area contributed by atoms with E-state index in [1.165, 1.54) is 6.07 Å². The van der Waals surface area contributed by atoms with Gasteiger partial charge < -0.3 is 4.74 Å². The van der Waals surface area contributed by atoms with E-state index in [0.29, 0.717) is 22.2 Å². The van der Waals surface area contributed by atoms with E-state index < -0.39 is 0 Å². The van der Waals surface area contributed by atoms with Crippen molar-refractivity contribution < 1.29 is 13.9 Å². The molecule has 0 unspecified atom stereocenters. The maximum Gasteiger partial charge on any atom is 0.163 e. The fourth-order valence-corrected chi connectivity index (χ4v) is 2.91. The number of rotatable bonds is 3. The fraction of sp³-hybridized carbons (Fsp3) is 0.235. The van der Waals surface area contributed by atoms with Gasteiger partial charge in [0, 0.05) is 27.6 Å². The topological polar surface area (TPSA) is 26.3 Å². The Morgan fingerprint density at radius 1 is 1.19 bits per heavy atom. The highest BCUT2D eigenvalue weighted by Crippen LogP contribution is 2.30. The average Bonchev–Trinajstić information content (AvgIpc) is 2.47. The molecule has 0 amide bonds. The van der Waals surface area contributed by atoms with Gasteiger partial charge in [0.2, 0.25) is 0 Å². The zero-order valence-electron chi connectivity index (χ0n) is 11.4. The van der Waals surface area contributed by atoms with Crippen LogP contribution in [0.5, 0.6) is 5.75 Å². The molecular weight excluding hydrogens is 335 g/mol. The fourth-order valence-electron chi connectivity index (χ4n) is 2.57. The Labute approximate surface area is 131 Å². The molecule has 1 aliphatic rings. The van der Waals surface area contributed by atoms with Crippen molar-refractivity contribution in [3.63, 3.8) is 0 Å². The number of ketones is 1. The third-order valence-corrected chi connectivity index (χ3v) is 4.16. The first-order chi connectivity index (χ1) is 10.1. The first kappa shape index (κ1) is 14.3. The molecule has 0 aromatic heterocycles. The van der Waals surface area contributed by atoms with Gasteiger partial charge in [-0.15, -0.1) is 0 Å². The Kier molecular flexibility index (Phi) is 4.06. The highest BCUT2D eigenvalue weighted by atomic mass is 79.9. The summed E-state index contributed by atoms with van der Waals surface area (Å²) in [4.78, 5) is 11.9. The number of halogens is 2. The minimum absolute atomic E-state index is 0.157. The second kappa shape index (κ2) is 5.98. The van der Waals surface area contributed by atoms with Crippen molar-refractivity contribution in [3.05, 3.63) is 63.4 Å². The number of hydrogen-bond donors (Lipinski definition) is 0. The average molecular weight is 349 g/mol. The van der Waals surface area contributed by atoms with Gasteiger partial charge in [0.05, 0.1) is 0 Å². The molecule has 3 rings (SSSR count). The van der Waals surface area contributed by atoms with E-state index >= 15 is 0 Å². The maximum absolute atomic E-state index is 13.8. The minimum atomic E-state index is -0.301. The lowest BCUT2D eigenvalue weighted by molar-refractivity contribution is 0.0971. The zero-order chi connectivity index (χ0) is 14.8. The highest BCUT2D eigenvalue weighted by molar-refractivity contribution is 9.10. The molecule has 0 saturated carbocycles. The van der Waals surface area contributed by atoms with Crippen LogP contribution in [-0.4, -0.2) is 5.78 Å². The van der Waals surface area contributed by atoms with Gasteiger partial charge in [0.15, 0.2) is 5.78 Å². The van der Waals surface area contributed by atoms with Gasteiger partial charge in [-0.1, -0.05) is 34.1 Å². The van der Waals surface area contributed by atoms with Gasteiger partial charge in [-0.2, -0.15) is 0 Å². The van der Waals surface area contributed by atoms with Crippen LogP contribution in [-0.2, 0) is 13.0 Å². The number of carbonyl (C=O) groups excluding carboxylic acids is 1. The number of ether oxygens (including phenoxy) is 1. The van der Waals surface area contributed by atoms with E-state index in [4.69, 9.17) is 4.74 Å². The quantitative estimate of drug-likeness (QED) is 0.804. The summed E-state index contributed by atoms with van der Waals surface area (Å²) >= 11 is 3.23. The molecular formula is C17H14BrFO2. The number of benzene rings is 2. The molecule has 0 fully saturated rings. The lowest BCUT2D eigenvalue weighted by Crippen LogP contribution is -2.12. The summed E-state index contributed by atoms with van der Waals surface area (Å²) < 4.78 is 20.2. The summed E-state index contributed by atoms with van der Waals surface area (Å²) in [5.74, 6) is 0.546. The Hall–Kier alpha value is -1.68. The number of carbonyl (C=O) groups is 1. The maximum atomic E-state index is 13.8. The van der Waals surface area contributed by atoms with E-state index in [1.807, 2.05) is 18.2 Å². The zero-order valence-corrected chi connectivity index (χ0v) is 13.0. The van der Waals surface area contributed by atoms with E-state index in [9.17, 15) is 9.18 Å². The van der Waals surface area contributed by atoms with Crippen LogP contribution in [0.1, 0.15) is 34.3 Å². The van der Waals surface area contributed by atoms with Gasteiger partial charge in [-0.25, -0.2) is 4.39 Å². The van der Waals surface area contributed by atoms with E-state index in [2.05, 4.69) is 15.9 Å². The Morgan fingerprint density at radius 3 is 2.86 bits per heavy atom. The van der Waals surface area contributed by atoms with E-state index in [1.54, 1.807) is 12.1 Å². The molecule has 1 aliphatic carbocycles. The van der Waals surface area contributed by atoms with Gasteiger partial charge >= 0.3 is 0 Å². The first-order valence-electron chi connectivity index (χ1n) is 6.87. The molecule has 2 nitrogen and oxygen atoms in total. The van der Waals surface area contributed by atoms with Crippen LogP contribution in [0.4, 0.5) is 4.39 Å². The smallest absolute Gasteiger partial charge is 0.163 e. The summed E-state index contributed by atoms with van der Waals surface area (Å²) in [6, 6.07) is 10.4. The van der Waals surface area contributed by atoms with Gasteiger partial charge in [0.25, 0.3) is 0 Å². The Balaban J connectivity index is 1.83. The van der Waals surface area contributed by atoms with E-state index in [-0.39, 0.29) is 18.2 Å². The van der Waals surface area contributed by atoms with Crippen molar-refractivity contribution in [1.29, 1.82) is 0 Å². The third-order valence-electron chi connectivity index (χ3n) is 3.66. The van der Waals surface area contributed by atoms with Crippen LogP contribution in [0.25, 0.3) is 0 Å². The summed E-state index contributed by atoms with van der Waals surface area (Å²) in [6.45, 7) is 0.157. The predicted molar refractivity (Wildman–Crippen MR) is 82.1 cm³/mol. The molecule has 0 N–H and O–H groups in total. The number of hydrogen-bond acceptors (Lipinski definition) is 2. The van der Waals surface area contributed by atoms with Crippen LogP contribution in [0, 0.1) is 5.82 Å². The summed E-state index contributed by atoms with van der Waals surface area (Å²) in [5.41, 5.74) is 2.19. The molecule has 0 heterocycles. The summed E-state index contributed by atoms with van der Waals surface area (Å²) in [7, 11) is 0. The van der Waals surface area contributed by atoms with Crippen molar-refractivity contribution in [2.45, 2.75) is 25.9 Å². The lowest BCUT2D eigenvalue weighted by atomic mass is 9.90. The van der Waals surface area contributed by atoms with Crippen molar-refractivity contribution in [2.24, 2.45) is 0 Å². The van der Waals surface area contributed by atoms with Crippen molar-refractivity contribution in [1.82, 2.24) is 0 Å². The van der Waals surface area contributed by atoms with Crippen LogP contribution in [0.3, 0.4) is 0 Å². The molecule has 0 atom stereocenters. The number of fused-ring (bicyclic) bond motifs is 1. The van der Waals surface area contributed by atoms with Gasteiger partial charge in [0.1, 0.15) is 18.2 Å². The van der Waals surface area contributed by atoms with Crippen molar-refractivity contribution in [2.75, 3.05) is 0 Å². The van der Waals surface area contributed by atoms with Gasteiger partial charge in [-0.3, -0.25) is 4.79 Å². The van der Waals surface area contributed by atoms with Crippen LogP contribution in [0.2, 0.25) is 0 Å². The van der Waals surface area contributed by atoms with Crippen LogP contribution in [0.15, 0.2) is 40.9 Å². The summed E-state index contributed by atoms with van der Waals surface area (Å²) in [5, 5.41) is 0. The normalized spacial score (nSPS) is 13.9. The predicted octanol–water partition coefficient (Wildman–Crippen LogP) is 4.69. The number of Topliss-reactive ketones (excluding diaryl/α,β-unsaturated/α-hetero) is 1. The summed E-state index contributed by atoms with van der Waals surface area (Å²) in [6.07, 6.45) is 2.27. The molecule has 21 heavy (non-hydrogen) atoms. The van der Waals surface area contributed by atoms with Crippen molar-refractivity contribution in [3.8, 4) is 5.75 Å². The monoisotopic (exact) mass is 348 g/mol. The van der Waals surface area contributed by atoms with E-state index in [0.717, 1.165) is 24.0 Å². The molecule has 0 spiro atoms. The molecule has 2 aromatic carbocycles. The molecule has 108 valence electrons. The van der Waals surface area contributed by atoms with Crippen LogP contribution >= 0.6 is 15.9 Å². The third kappa shape index (κ3) is 3.00. The lowest BCUT2D eigenvalue weighted by Gasteiger charge is -2.18. The largest absolute Gasteiger partial charge is 0.488 e. The molecule has 0 aliphatic heterocycles. The Bertz CT molecular complexity index is 697. The highest BCUT2D eigenvalue weighted by Gasteiger charge is 2.20. The minimum Gasteiger partial charge on any atom is -0.488 e. The first-order valence-corrected chi connectivity index (χ1v) is 7.66. The second-order valence-corrected chi connectivity index (χ2v) is 6.00. The van der Waals surface area contributed by atoms with Crippen molar-refractivity contribution >= 4 is 21.7 Å². The molecule has 4 heteroatoms.